The minimum atomic E-state index is -1.98. The maximum absolute atomic E-state index is 13.5. The van der Waals surface area contributed by atoms with Crippen molar-refractivity contribution in [2.75, 3.05) is 26.4 Å². The Labute approximate surface area is 604 Å². The topological polar surface area (TPSA) is 307 Å². The van der Waals surface area contributed by atoms with E-state index in [1.54, 1.807) is 0 Å². The van der Waals surface area contributed by atoms with Crippen LogP contribution in [-0.2, 0) is 33.2 Å². The number of allylic oxidation sites excluding steroid dienone is 12. The fourth-order valence-electron chi connectivity index (χ4n) is 13.4. The molecule has 3 saturated heterocycles. The molecule has 19 heteroatoms. The molecule has 0 saturated carbocycles. The Morgan fingerprint density at radius 2 is 0.690 bits per heavy atom. The van der Waals surface area contributed by atoms with Crippen molar-refractivity contribution in [1.29, 1.82) is 0 Å². The van der Waals surface area contributed by atoms with E-state index >= 15 is 0 Å². The van der Waals surface area contributed by atoms with E-state index in [1.807, 2.05) is 0 Å². The van der Waals surface area contributed by atoms with Gasteiger partial charge in [0, 0.05) is 6.42 Å². The van der Waals surface area contributed by atoms with E-state index in [9.17, 15) is 61.0 Å². The lowest BCUT2D eigenvalue weighted by Gasteiger charge is -2.48. The SMILES string of the molecule is CC/C=C\C/C=C\C/C=C\C/C=C\C/C=C\C/C=C\CCCCCCCCCCCCCCC(=O)NC(COC1OC(CO)C(OC2OC(CO)C(OC3OC(CO)C(O)C(O)C3O)C(O)C2O)C(O)C1O)C(O)CCCCCCCCCCCCCCCCCCCCCCCCCC. The second-order valence-electron chi connectivity index (χ2n) is 28.5. The van der Waals surface area contributed by atoms with Crippen LogP contribution in [0.4, 0.5) is 0 Å². The number of carbonyl (C=O) groups excluding carboxylic acids is 1. The van der Waals surface area contributed by atoms with Gasteiger partial charge in [0.1, 0.15) is 73.2 Å². The lowest BCUT2D eigenvalue weighted by molar-refractivity contribution is -0.379. The molecule has 12 N–H and O–H groups in total. The molecule has 100 heavy (non-hydrogen) atoms. The normalized spacial score (nSPS) is 26.8. The maximum atomic E-state index is 13.5. The van der Waals surface area contributed by atoms with Crippen molar-refractivity contribution < 1.29 is 89.4 Å². The number of amides is 1. The van der Waals surface area contributed by atoms with Gasteiger partial charge in [-0.2, -0.15) is 0 Å². The van der Waals surface area contributed by atoms with Gasteiger partial charge < -0.3 is 89.9 Å². The molecule has 17 unspecified atom stereocenters. The first-order valence-corrected chi connectivity index (χ1v) is 40.2. The Balaban J connectivity index is 1.37. The van der Waals surface area contributed by atoms with Gasteiger partial charge in [0.05, 0.1) is 38.6 Å². The maximum Gasteiger partial charge on any atom is 0.220 e. The Hall–Kier alpha value is -2.77. The van der Waals surface area contributed by atoms with E-state index in [2.05, 4.69) is 92.1 Å². The molecule has 0 bridgehead atoms. The average Bonchev–Trinajstić information content (AvgIpc) is 0.783. The third kappa shape index (κ3) is 41.2. The molecule has 0 aromatic heterocycles. The predicted octanol–water partition coefficient (Wildman–Crippen LogP) is 13.2. The lowest BCUT2D eigenvalue weighted by Crippen LogP contribution is -2.66. The molecular weight excluding hydrogens is 1270 g/mol. The summed E-state index contributed by atoms with van der Waals surface area (Å²) in [5, 5.41) is 121. The first-order chi connectivity index (χ1) is 48.8. The summed E-state index contributed by atoms with van der Waals surface area (Å²) in [6.07, 6.45) is 52.6. The molecule has 3 rings (SSSR count). The summed E-state index contributed by atoms with van der Waals surface area (Å²) in [6.45, 7) is 1.72. The van der Waals surface area contributed by atoms with Crippen LogP contribution >= 0.6 is 0 Å². The van der Waals surface area contributed by atoms with Crippen LogP contribution in [0.5, 0.6) is 0 Å². The first kappa shape index (κ1) is 91.4. The van der Waals surface area contributed by atoms with Crippen molar-refractivity contribution in [3.05, 3.63) is 72.9 Å². The van der Waals surface area contributed by atoms with Crippen LogP contribution in [0.25, 0.3) is 0 Å². The van der Waals surface area contributed by atoms with Crippen molar-refractivity contribution in [3.63, 3.8) is 0 Å². The quantitative estimate of drug-likeness (QED) is 0.0199. The molecule has 3 heterocycles. The number of carbonyl (C=O) groups is 1. The smallest absolute Gasteiger partial charge is 0.220 e. The van der Waals surface area contributed by atoms with Gasteiger partial charge >= 0.3 is 0 Å². The van der Waals surface area contributed by atoms with Crippen molar-refractivity contribution in [3.8, 4) is 0 Å². The van der Waals surface area contributed by atoms with Crippen LogP contribution in [0.3, 0.4) is 0 Å². The number of unbranched alkanes of at least 4 members (excludes halogenated alkanes) is 35. The minimum Gasteiger partial charge on any atom is -0.394 e. The molecule has 582 valence electrons. The van der Waals surface area contributed by atoms with E-state index in [-0.39, 0.29) is 18.9 Å². The van der Waals surface area contributed by atoms with Crippen molar-refractivity contribution in [2.24, 2.45) is 0 Å². The Bertz CT molecular complexity index is 2090. The Morgan fingerprint density at radius 3 is 1.08 bits per heavy atom. The predicted molar refractivity (Wildman–Crippen MR) is 397 cm³/mol. The van der Waals surface area contributed by atoms with Crippen LogP contribution in [-0.4, -0.2) is 193 Å². The van der Waals surface area contributed by atoms with Gasteiger partial charge in [0.2, 0.25) is 5.91 Å². The van der Waals surface area contributed by atoms with Gasteiger partial charge in [-0.15, -0.1) is 0 Å². The van der Waals surface area contributed by atoms with Crippen LogP contribution < -0.4 is 5.32 Å². The van der Waals surface area contributed by atoms with Gasteiger partial charge in [-0.05, 0) is 64.2 Å². The highest BCUT2D eigenvalue weighted by atomic mass is 16.8. The zero-order chi connectivity index (χ0) is 72.5. The van der Waals surface area contributed by atoms with Crippen molar-refractivity contribution in [1.82, 2.24) is 5.32 Å². The van der Waals surface area contributed by atoms with Gasteiger partial charge in [-0.1, -0.05) is 305 Å². The number of aliphatic hydroxyl groups is 11. The van der Waals surface area contributed by atoms with Crippen molar-refractivity contribution >= 4 is 5.91 Å². The molecule has 0 aliphatic carbocycles. The average molecular weight is 1420 g/mol. The van der Waals surface area contributed by atoms with Gasteiger partial charge in [-0.3, -0.25) is 4.79 Å². The number of aliphatic hydroxyl groups excluding tert-OH is 11. The number of ether oxygens (including phenoxy) is 6. The molecule has 0 spiro atoms. The summed E-state index contributed by atoms with van der Waals surface area (Å²) in [5.74, 6) is -0.244. The second kappa shape index (κ2) is 61.4. The van der Waals surface area contributed by atoms with Crippen LogP contribution in [0, 0.1) is 0 Å². The van der Waals surface area contributed by atoms with Gasteiger partial charge in [0.25, 0.3) is 0 Å². The van der Waals surface area contributed by atoms with E-state index in [4.69, 9.17) is 28.4 Å². The van der Waals surface area contributed by atoms with E-state index in [1.165, 1.54) is 180 Å². The van der Waals surface area contributed by atoms with E-state index in [0.29, 0.717) is 12.8 Å². The van der Waals surface area contributed by atoms with Crippen LogP contribution in [0.2, 0.25) is 0 Å². The highest BCUT2D eigenvalue weighted by Gasteiger charge is 2.54. The summed E-state index contributed by atoms with van der Waals surface area (Å²) < 4.78 is 34.5. The Morgan fingerprint density at radius 1 is 0.370 bits per heavy atom. The summed E-state index contributed by atoms with van der Waals surface area (Å²) in [7, 11) is 0. The number of hydrogen-bond donors (Lipinski definition) is 12. The molecule has 3 aliphatic rings. The molecule has 1 amide bonds. The summed E-state index contributed by atoms with van der Waals surface area (Å²) in [6, 6.07) is -0.894. The van der Waals surface area contributed by atoms with Gasteiger partial charge in [-0.25, -0.2) is 0 Å². The van der Waals surface area contributed by atoms with Crippen LogP contribution in [0.1, 0.15) is 303 Å². The summed E-state index contributed by atoms with van der Waals surface area (Å²) >= 11 is 0. The minimum absolute atomic E-state index is 0.244. The standard InChI is InChI=1S/C81H145NO18/c1-3-5-7-9-11-13-15-17-19-21-23-25-27-29-30-31-32-33-34-35-37-39-41-43-45-47-49-51-53-55-57-59-69(87)82-64(65(86)58-56-54-52-50-48-46-44-42-40-38-36-28-26-24-22-20-18-16-14-12-10-8-6-4-2)63-95-79-75(93)72(90)77(67(61-84)97-79)100-81-76(94)73(91)78(68(62-85)98-81)99-80-74(92)71(89)70(88)66(60-83)96-80/h5,7,11,13,17,19,23,25,29-30,32-33,64-68,70-81,83-86,88-94H,3-4,6,8-10,12,14-16,18,20-22,24,26-28,31,34-63H2,1-2H3,(H,82,87)/b7-5-,13-11-,19-17-,25-23-,30-29-,33-32-. The number of hydrogen-bond acceptors (Lipinski definition) is 18. The molecular formula is C81H145NO18. The Kier molecular flexibility index (Phi) is 56.1. The monoisotopic (exact) mass is 1420 g/mol. The highest BCUT2D eigenvalue weighted by Crippen LogP contribution is 2.33. The first-order valence-electron chi connectivity index (χ1n) is 40.2. The third-order valence-electron chi connectivity index (χ3n) is 19.8. The van der Waals surface area contributed by atoms with Crippen LogP contribution in [0.15, 0.2) is 72.9 Å². The molecule has 0 aromatic carbocycles. The number of rotatable bonds is 63. The van der Waals surface area contributed by atoms with E-state index in [0.717, 1.165) is 89.9 Å². The van der Waals surface area contributed by atoms with E-state index < -0.39 is 124 Å². The zero-order valence-electron chi connectivity index (χ0n) is 62.2. The number of nitrogens with one attached hydrogen (secondary N) is 1. The molecule has 0 aromatic rings. The largest absolute Gasteiger partial charge is 0.394 e. The summed E-state index contributed by atoms with van der Waals surface area (Å²) in [5.41, 5.74) is 0. The van der Waals surface area contributed by atoms with Gasteiger partial charge in [0.15, 0.2) is 18.9 Å². The second-order valence-corrected chi connectivity index (χ2v) is 28.5. The van der Waals surface area contributed by atoms with Crippen molar-refractivity contribution in [2.45, 2.75) is 407 Å². The third-order valence-corrected chi connectivity index (χ3v) is 19.8. The molecule has 17 atom stereocenters. The fraction of sp³-hybridized carbons (Fsp3) is 0.840. The summed E-state index contributed by atoms with van der Waals surface area (Å²) in [4.78, 5) is 13.5. The molecule has 3 fully saturated rings. The zero-order valence-corrected chi connectivity index (χ0v) is 62.2. The molecule has 0 radical (unpaired) electrons. The lowest BCUT2D eigenvalue weighted by atomic mass is 9.96. The molecule has 19 nitrogen and oxygen atoms in total. The fourth-order valence-corrected chi connectivity index (χ4v) is 13.4. The highest BCUT2D eigenvalue weighted by molar-refractivity contribution is 5.76. The molecule has 3 aliphatic heterocycles.